The molecule has 108 valence electrons. The van der Waals surface area contributed by atoms with Gasteiger partial charge in [-0.2, -0.15) is 0 Å². The molecule has 0 bridgehead atoms. The summed E-state index contributed by atoms with van der Waals surface area (Å²) in [5.74, 6) is 2.39. The molecule has 1 aliphatic rings. The number of ether oxygens (including phenoxy) is 1. The summed E-state index contributed by atoms with van der Waals surface area (Å²) >= 11 is 0. The summed E-state index contributed by atoms with van der Waals surface area (Å²) < 4.78 is 5.89. The van der Waals surface area contributed by atoms with Crippen LogP contribution in [-0.2, 0) is 4.74 Å². The summed E-state index contributed by atoms with van der Waals surface area (Å²) in [6.07, 6.45) is 4.43. The second-order valence-corrected chi connectivity index (χ2v) is 7.34. The summed E-state index contributed by atoms with van der Waals surface area (Å²) in [5, 5.41) is 3.35. The van der Waals surface area contributed by atoms with Crippen molar-refractivity contribution >= 4 is 0 Å². The zero-order valence-electron chi connectivity index (χ0n) is 13.3. The number of hydrogen-bond donors (Lipinski definition) is 1. The van der Waals surface area contributed by atoms with Crippen LogP contribution in [0.1, 0.15) is 53.9 Å². The van der Waals surface area contributed by atoms with Gasteiger partial charge in [0.1, 0.15) is 0 Å². The highest BCUT2D eigenvalue weighted by molar-refractivity contribution is 4.86. The second-order valence-electron chi connectivity index (χ2n) is 7.34. The number of nitrogens with one attached hydrogen (secondary N) is 1. The maximum atomic E-state index is 5.89. The van der Waals surface area contributed by atoms with Gasteiger partial charge in [0.05, 0.1) is 12.7 Å². The maximum absolute atomic E-state index is 5.89. The summed E-state index contributed by atoms with van der Waals surface area (Å²) in [6.45, 7) is 13.5. The van der Waals surface area contributed by atoms with Crippen LogP contribution in [-0.4, -0.2) is 26.3 Å². The Hall–Kier alpha value is -0.0800. The van der Waals surface area contributed by atoms with E-state index in [4.69, 9.17) is 4.74 Å². The van der Waals surface area contributed by atoms with Gasteiger partial charge < -0.3 is 10.1 Å². The maximum Gasteiger partial charge on any atom is 0.0519 e. The Balaban J connectivity index is 2.58. The summed E-state index contributed by atoms with van der Waals surface area (Å²) in [7, 11) is 2.07. The van der Waals surface area contributed by atoms with Gasteiger partial charge in [-0.1, -0.05) is 20.8 Å². The van der Waals surface area contributed by atoms with Crippen LogP contribution in [0.15, 0.2) is 0 Å². The lowest BCUT2D eigenvalue weighted by molar-refractivity contribution is -0.00141. The first kappa shape index (κ1) is 16.0. The molecular formula is C16H33NO. The van der Waals surface area contributed by atoms with Crippen LogP contribution in [0.25, 0.3) is 0 Å². The Bertz CT molecular complexity index is 232. The van der Waals surface area contributed by atoms with Gasteiger partial charge in [-0.25, -0.2) is 0 Å². The van der Waals surface area contributed by atoms with Crippen LogP contribution >= 0.6 is 0 Å². The van der Waals surface area contributed by atoms with E-state index in [1.54, 1.807) is 0 Å². The number of hydrogen-bond acceptors (Lipinski definition) is 2. The molecule has 1 N–H and O–H groups in total. The molecule has 1 aliphatic carbocycles. The monoisotopic (exact) mass is 255 g/mol. The van der Waals surface area contributed by atoms with Gasteiger partial charge in [0.15, 0.2) is 0 Å². The first-order valence-electron chi connectivity index (χ1n) is 7.60. The van der Waals surface area contributed by atoms with Crippen LogP contribution < -0.4 is 5.32 Å². The third kappa shape index (κ3) is 4.89. The van der Waals surface area contributed by atoms with E-state index in [2.05, 4.69) is 47.0 Å². The first-order valence-corrected chi connectivity index (χ1v) is 7.60. The predicted octanol–water partition coefficient (Wildman–Crippen LogP) is 3.71. The van der Waals surface area contributed by atoms with Crippen molar-refractivity contribution in [2.75, 3.05) is 20.2 Å². The first-order chi connectivity index (χ1) is 8.34. The summed E-state index contributed by atoms with van der Waals surface area (Å²) in [5.41, 5.74) is 0.445. The molecule has 18 heavy (non-hydrogen) atoms. The van der Waals surface area contributed by atoms with Gasteiger partial charge in [-0.05, 0) is 69.9 Å². The van der Waals surface area contributed by atoms with Crippen LogP contribution in [0.5, 0.6) is 0 Å². The van der Waals surface area contributed by atoms with Crippen LogP contribution in [0.2, 0.25) is 0 Å². The molecule has 0 amide bonds. The zero-order valence-corrected chi connectivity index (χ0v) is 13.3. The van der Waals surface area contributed by atoms with Crippen molar-refractivity contribution < 1.29 is 4.74 Å². The van der Waals surface area contributed by atoms with Crippen molar-refractivity contribution in [3.8, 4) is 0 Å². The Morgan fingerprint density at radius 1 is 1.17 bits per heavy atom. The van der Waals surface area contributed by atoms with Crippen molar-refractivity contribution in [1.82, 2.24) is 5.32 Å². The molecule has 0 aromatic rings. The van der Waals surface area contributed by atoms with Crippen molar-refractivity contribution in [3.05, 3.63) is 0 Å². The minimum atomic E-state index is 0.357. The molecule has 1 rings (SSSR count). The van der Waals surface area contributed by atoms with Crippen LogP contribution in [0.3, 0.4) is 0 Å². The molecule has 0 spiro atoms. The van der Waals surface area contributed by atoms with E-state index in [-0.39, 0.29) is 0 Å². The normalized spacial score (nSPS) is 29.8. The van der Waals surface area contributed by atoms with E-state index < -0.39 is 0 Å². The molecular weight excluding hydrogens is 222 g/mol. The van der Waals surface area contributed by atoms with Gasteiger partial charge in [0, 0.05) is 0 Å². The lowest BCUT2D eigenvalue weighted by Gasteiger charge is -2.42. The standard InChI is InChI=1S/C16H33NO/c1-12(2)18-11-14-9-15(16(3,4)5)8-7-13(14)10-17-6/h12-15,17H,7-11H2,1-6H3. The highest BCUT2D eigenvalue weighted by Crippen LogP contribution is 2.42. The Labute approximate surface area is 114 Å². The van der Waals surface area contributed by atoms with Crippen molar-refractivity contribution in [3.63, 3.8) is 0 Å². The molecule has 0 aromatic carbocycles. The molecule has 0 radical (unpaired) electrons. The van der Waals surface area contributed by atoms with E-state index in [1.807, 2.05) is 0 Å². The third-order valence-electron chi connectivity index (χ3n) is 4.47. The SMILES string of the molecule is CNCC1CCC(C(C)(C)C)CC1COC(C)C. The van der Waals surface area contributed by atoms with Gasteiger partial charge in [0.2, 0.25) is 0 Å². The fraction of sp³-hybridized carbons (Fsp3) is 1.00. The third-order valence-corrected chi connectivity index (χ3v) is 4.47. The van der Waals surface area contributed by atoms with E-state index in [9.17, 15) is 0 Å². The van der Waals surface area contributed by atoms with Gasteiger partial charge in [-0.15, -0.1) is 0 Å². The number of rotatable bonds is 5. The quantitative estimate of drug-likeness (QED) is 0.808. The molecule has 2 nitrogen and oxygen atoms in total. The molecule has 1 saturated carbocycles. The molecule has 2 heteroatoms. The molecule has 0 aromatic heterocycles. The minimum Gasteiger partial charge on any atom is -0.378 e. The van der Waals surface area contributed by atoms with Crippen LogP contribution in [0, 0.1) is 23.2 Å². The largest absolute Gasteiger partial charge is 0.378 e. The lowest BCUT2D eigenvalue weighted by Crippen LogP contribution is -2.38. The predicted molar refractivity (Wildman–Crippen MR) is 78.8 cm³/mol. The molecule has 1 fully saturated rings. The molecule has 0 heterocycles. The molecule has 3 unspecified atom stereocenters. The van der Waals surface area contributed by atoms with E-state index in [0.717, 1.165) is 30.9 Å². The van der Waals surface area contributed by atoms with Crippen molar-refractivity contribution in [2.45, 2.75) is 60.0 Å². The smallest absolute Gasteiger partial charge is 0.0519 e. The average Bonchev–Trinajstić information content (AvgIpc) is 2.26. The summed E-state index contributed by atoms with van der Waals surface area (Å²) in [4.78, 5) is 0. The summed E-state index contributed by atoms with van der Waals surface area (Å²) in [6, 6.07) is 0. The van der Waals surface area contributed by atoms with Gasteiger partial charge in [0.25, 0.3) is 0 Å². The van der Waals surface area contributed by atoms with E-state index in [1.165, 1.54) is 19.3 Å². The highest BCUT2D eigenvalue weighted by Gasteiger charge is 2.35. The highest BCUT2D eigenvalue weighted by atomic mass is 16.5. The average molecular weight is 255 g/mol. The van der Waals surface area contributed by atoms with Crippen molar-refractivity contribution in [2.24, 2.45) is 23.2 Å². The molecule has 0 aliphatic heterocycles. The minimum absolute atomic E-state index is 0.357. The zero-order chi connectivity index (χ0) is 13.8. The fourth-order valence-electron chi connectivity index (χ4n) is 3.16. The molecule has 0 saturated heterocycles. The van der Waals surface area contributed by atoms with Gasteiger partial charge >= 0.3 is 0 Å². The Kier molecular flexibility index (Phi) is 6.13. The Morgan fingerprint density at radius 2 is 1.83 bits per heavy atom. The Morgan fingerprint density at radius 3 is 2.33 bits per heavy atom. The fourth-order valence-corrected chi connectivity index (χ4v) is 3.16. The second kappa shape index (κ2) is 6.91. The lowest BCUT2D eigenvalue weighted by atomic mass is 9.65. The van der Waals surface area contributed by atoms with Gasteiger partial charge in [-0.3, -0.25) is 0 Å². The molecule has 3 atom stereocenters. The van der Waals surface area contributed by atoms with E-state index >= 15 is 0 Å². The van der Waals surface area contributed by atoms with Crippen molar-refractivity contribution in [1.29, 1.82) is 0 Å². The van der Waals surface area contributed by atoms with E-state index in [0.29, 0.717) is 11.5 Å². The topological polar surface area (TPSA) is 21.3 Å². The van der Waals surface area contributed by atoms with Crippen LogP contribution in [0.4, 0.5) is 0 Å².